The molecule has 1 saturated carbocycles. The van der Waals surface area contributed by atoms with Crippen LogP contribution in [0.2, 0.25) is 0 Å². The van der Waals surface area contributed by atoms with Crippen molar-refractivity contribution in [2.75, 3.05) is 18.0 Å². The van der Waals surface area contributed by atoms with Gasteiger partial charge in [-0.05, 0) is 55.0 Å². The summed E-state index contributed by atoms with van der Waals surface area (Å²) in [6, 6.07) is 11.2. The van der Waals surface area contributed by atoms with Crippen molar-refractivity contribution in [3.8, 4) is 11.9 Å². The summed E-state index contributed by atoms with van der Waals surface area (Å²) in [4.78, 5) is 35.6. The molecule has 270 valence electrons. The summed E-state index contributed by atoms with van der Waals surface area (Å²) in [6.07, 6.45) is 0.202. The van der Waals surface area contributed by atoms with Crippen LogP contribution in [0.5, 0.6) is 5.88 Å². The zero-order valence-corrected chi connectivity index (χ0v) is 26.7. The Hall–Kier alpha value is -6.12. The molecule has 7 rings (SSSR count). The van der Waals surface area contributed by atoms with Gasteiger partial charge in [0, 0.05) is 30.6 Å². The van der Waals surface area contributed by atoms with E-state index in [0.29, 0.717) is 55.5 Å². The Morgan fingerprint density at radius 2 is 1.75 bits per heavy atom. The molecular weight excluding hydrogens is 702 g/mol. The van der Waals surface area contributed by atoms with Crippen molar-refractivity contribution in [2.24, 2.45) is 5.41 Å². The number of rotatable bonds is 8. The molecule has 0 radical (unpaired) electrons. The van der Waals surface area contributed by atoms with Crippen molar-refractivity contribution in [1.29, 1.82) is 5.26 Å². The molecule has 3 aromatic heterocycles. The summed E-state index contributed by atoms with van der Waals surface area (Å²) in [6.45, 7) is 0.859. The number of benzene rings is 2. The average Bonchev–Trinajstić information content (AvgIpc) is 3.38. The lowest BCUT2D eigenvalue weighted by Crippen LogP contribution is -2.36. The smallest absolute Gasteiger partial charge is 0.478 e. The molecule has 5 aromatic rings. The molecule has 1 aliphatic carbocycles. The fourth-order valence-electron chi connectivity index (χ4n) is 6.25. The summed E-state index contributed by atoms with van der Waals surface area (Å²) in [7, 11) is 0. The lowest BCUT2D eigenvalue weighted by Gasteiger charge is -2.34. The number of nitriles is 1. The molecule has 12 nitrogen and oxygen atoms in total. The SMILES string of the molecule is N#Cc1ccc(COc2nc(N3CCC4(CC3)CC4c3nc4ccc(C(=O)O)cc4n3Cc3ncco3)c(F)cc2F)c(F)c1.O=C(O)C(F)(F)F. The van der Waals surface area contributed by atoms with Crippen molar-refractivity contribution >= 4 is 28.8 Å². The topological polar surface area (TPSA) is 168 Å². The molecule has 4 heterocycles. The van der Waals surface area contributed by atoms with Crippen LogP contribution < -0.4 is 9.64 Å². The van der Waals surface area contributed by atoms with Gasteiger partial charge in [-0.25, -0.2) is 32.7 Å². The highest BCUT2D eigenvalue weighted by molar-refractivity contribution is 5.92. The van der Waals surface area contributed by atoms with Gasteiger partial charge in [0.05, 0.1) is 34.4 Å². The van der Waals surface area contributed by atoms with E-state index in [2.05, 4.69) is 9.97 Å². The Morgan fingerprint density at radius 1 is 1.02 bits per heavy atom. The largest absolute Gasteiger partial charge is 0.490 e. The van der Waals surface area contributed by atoms with Crippen molar-refractivity contribution in [3.63, 3.8) is 0 Å². The predicted molar refractivity (Wildman–Crippen MR) is 167 cm³/mol. The van der Waals surface area contributed by atoms with E-state index in [1.54, 1.807) is 23.2 Å². The Labute approximate surface area is 289 Å². The molecule has 1 saturated heterocycles. The minimum Gasteiger partial charge on any atom is -0.478 e. The van der Waals surface area contributed by atoms with Crippen molar-refractivity contribution < 1.29 is 55.3 Å². The molecular formula is C34H26F6N6O6. The number of ether oxygens (including phenoxy) is 1. The van der Waals surface area contributed by atoms with Gasteiger partial charge in [0.15, 0.2) is 17.5 Å². The number of aliphatic carboxylic acids is 1. The number of hydrogen-bond acceptors (Lipinski definition) is 9. The monoisotopic (exact) mass is 728 g/mol. The van der Waals surface area contributed by atoms with E-state index >= 15 is 0 Å². The maximum atomic E-state index is 15.0. The number of oxazole rings is 1. The summed E-state index contributed by atoms with van der Waals surface area (Å²) < 4.78 is 88.4. The van der Waals surface area contributed by atoms with Crippen molar-refractivity contribution in [3.05, 3.63) is 101 Å². The minimum atomic E-state index is -5.08. The standard InChI is InChI=1S/C32H25F3N6O4.C2HF3O2/c33-22-11-18(15-36)1-2-20(22)17-45-30-24(35)13-23(34)29(39-30)40-8-5-32(6-9-40)14-21(32)28-38-25-4-3-19(31(42)43)12-26(25)41(28)16-27-37-7-10-44-27;3-2(4,5)1(6)7/h1-4,7,10-13,21H,5-6,8-9,14,16-17H2,(H,42,43);(H,6,7). The van der Waals surface area contributed by atoms with Crippen LogP contribution in [-0.4, -0.2) is 60.9 Å². The highest BCUT2D eigenvalue weighted by atomic mass is 19.4. The maximum Gasteiger partial charge on any atom is 0.490 e. The third-order valence-electron chi connectivity index (χ3n) is 9.03. The number of pyridine rings is 1. The molecule has 1 spiro atoms. The van der Waals surface area contributed by atoms with Crippen LogP contribution in [0.3, 0.4) is 0 Å². The molecule has 2 fully saturated rings. The minimum absolute atomic E-state index is 0.0453. The third-order valence-corrected chi connectivity index (χ3v) is 9.03. The van der Waals surface area contributed by atoms with Crippen LogP contribution in [0.4, 0.5) is 32.2 Å². The number of hydrogen-bond donors (Lipinski definition) is 2. The fourth-order valence-corrected chi connectivity index (χ4v) is 6.25. The van der Waals surface area contributed by atoms with E-state index in [-0.39, 0.29) is 40.4 Å². The zero-order chi connectivity index (χ0) is 37.4. The molecule has 1 atom stereocenters. The van der Waals surface area contributed by atoms with Crippen LogP contribution in [0.1, 0.15) is 58.4 Å². The van der Waals surface area contributed by atoms with Gasteiger partial charge in [-0.2, -0.15) is 23.4 Å². The van der Waals surface area contributed by atoms with E-state index < -0.39 is 41.4 Å². The van der Waals surface area contributed by atoms with Crippen LogP contribution in [0.15, 0.2) is 59.3 Å². The second-order valence-corrected chi connectivity index (χ2v) is 12.2. The highest BCUT2D eigenvalue weighted by Crippen LogP contribution is 2.65. The molecule has 1 unspecified atom stereocenters. The molecule has 0 bridgehead atoms. The lowest BCUT2D eigenvalue weighted by molar-refractivity contribution is -0.192. The van der Waals surface area contributed by atoms with Crippen LogP contribution in [0, 0.1) is 34.2 Å². The van der Waals surface area contributed by atoms with E-state index in [1.165, 1.54) is 24.5 Å². The van der Waals surface area contributed by atoms with E-state index in [9.17, 15) is 36.2 Å². The number of carbonyl (C=O) groups is 2. The third kappa shape index (κ3) is 7.33. The number of imidazole rings is 1. The Kier molecular flexibility index (Phi) is 9.53. The second-order valence-electron chi connectivity index (χ2n) is 12.2. The average molecular weight is 729 g/mol. The first kappa shape index (κ1) is 35.7. The van der Waals surface area contributed by atoms with Gasteiger partial charge in [0.1, 0.15) is 31.1 Å². The molecule has 0 amide bonds. The molecule has 2 aliphatic rings. The van der Waals surface area contributed by atoms with E-state index in [4.69, 9.17) is 29.3 Å². The van der Waals surface area contributed by atoms with Gasteiger partial charge >= 0.3 is 18.1 Å². The van der Waals surface area contributed by atoms with Crippen molar-refractivity contribution in [2.45, 2.75) is 44.5 Å². The number of fused-ring (bicyclic) bond motifs is 1. The van der Waals surface area contributed by atoms with Gasteiger partial charge in [0.2, 0.25) is 5.89 Å². The normalized spacial score (nSPS) is 16.2. The van der Waals surface area contributed by atoms with Gasteiger partial charge in [-0.1, -0.05) is 6.07 Å². The van der Waals surface area contributed by atoms with Crippen molar-refractivity contribution in [1.82, 2.24) is 19.5 Å². The number of carboxylic acid groups (broad SMARTS) is 2. The van der Waals surface area contributed by atoms with Crippen LogP contribution in [0.25, 0.3) is 11.0 Å². The summed E-state index contributed by atoms with van der Waals surface area (Å²) in [5.41, 5.74) is 1.66. The number of nitrogens with zero attached hydrogens (tertiary/aromatic N) is 6. The van der Waals surface area contributed by atoms with Crippen LogP contribution in [-0.2, 0) is 17.9 Å². The molecule has 1 aliphatic heterocycles. The van der Waals surface area contributed by atoms with Gasteiger partial charge in [-0.15, -0.1) is 0 Å². The number of carboxylic acids is 2. The van der Waals surface area contributed by atoms with E-state index in [1.807, 2.05) is 10.6 Å². The molecule has 2 N–H and O–H groups in total. The van der Waals surface area contributed by atoms with Gasteiger partial charge < -0.3 is 28.8 Å². The maximum absolute atomic E-state index is 15.0. The highest BCUT2D eigenvalue weighted by Gasteiger charge is 2.57. The van der Waals surface area contributed by atoms with E-state index in [0.717, 1.165) is 18.3 Å². The Bertz CT molecular complexity index is 2190. The second kappa shape index (κ2) is 13.9. The lowest BCUT2D eigenvalue weighted by atomic mass is 9.90. The quantitative estimate of drug-likeness (QED) is 0.169. The number of anilines is 1. The summed E-state index contributed by atoms with van der Waals surface area (Å²) >= 11 is 0. The first-order valence-corrected chi connectivity index (χ1v) is 15.5. The molecule has 2 aromatic carbocycles. The van der Waals surface area contributed by atoms with Crippen LogP contribution >= 0.6 is 0 Å². The summed E-state index contributed by atoms with van der Waals surface area (Å²) in [5.74, 6) is -5.41. The Morgan fingerprint density at radius 3 is 2.37 bits per heavy atom. The van der Waals surface area contributed by atoms with Gasteiger partial charge in [-0.3, -0.25) is 0 Å². The predicted octanol–water partition coefficient (Wildman–Crippen LogP) is 6.44. The number of aromatic carboxylic acids is 1. The summed E-state index contributed by atoms with van der Waals surface area (Å²) in [5, 5.41) is 25.6. The fraction of sp³-hybridized carbons (Fsp3) is 0.294. The Balaban J connectivity index is 0.000000604. The molecule has 18 heteroatoms. The van der Waals surface area contributed by atoms with Gasteiger partial charge in [0.25, 0.3) is 5.88 Å². The molecule has 52 heavy (non-hydrogen) atoms. The first-order valence-electron chi connectivity index (χ1n) is 15.5. The number of halogens is 6. The number of piperidine rings is 1. The number of alkyl halides is 3. The number of aromatic nitrogens is 4. The zero-order valence-electron chi connectivity index (χ0n) is 26.7. The first-order chi connectivity index (χ1) is 24.7.